The molecule has 3 rings (SSSR count). The van der Waals surface area contributed by atoms with Gasteiger partial charge in [-0.15, -0.1) is 0 Å². The van der Waals surface area contributed by atoms with E-state index >= 15 is 0 Å². The highest BCUT2D eigenvalue weighted by molar-refractivity contribution is 8.13. The molecule has 0 bridgehead atoms. The minimum atomic E-state index is -0.0157. The maximum Gasteiger partial charge on any atom is 0.283 e. The summed E-state index contributed by atoms with van der Waals surface area (Å²) in [6.07, 6.45) is 6.71. The van der Waals surface area contributed by atoms with Gasteiger partial charge in [0.2, 0.25) is 0 Å². The average Bonchev–Trinajstić information content (AvgIpc) is 2.66. The number of hydrogen-bond acceptors (Lipinski definition) is 3. The molecule has 4 heteroatoms. The van der Waals surface area contributed by atoms with Gasteiger partial charge in [-0.3, -0.25) is 9.78 Å². The molecule has 2 aromatic rings. The lowest BCUT2D eigenvalue weighted by Gasteiger charge is -2.27. The second-order valence-electron chi connectivity index (χ2n) is 9.05. The van der Waals surface area contributed by atoms with Crippen molar-refractivity contribution < 1.29 is 4.79 Å². The second-order valence-corrected chi connectivity index (χ2v) is 10.0. The molecule has 1 aliphatic rings. The maximum absolute atomic E-state index is 12.5. The average molecular weight is 397 g/mol. The molecule has 150 valence electrons. The molecule has 1 heterocycles. The van der Waals surface area contributed by atoms with Crippen molar-refractivity contribution >= 4 is 22.7 Å². The van der Waals surface area contributed by atoms with Crippen LogP contribution in [0.5, 0.6) is 0 Å². The Labute approximate surface area is 173 Å². The first-order chi connectivity index (χ1) is 13.3. The number of carbonyl (C=O) groups excluding carboxylic acids is 1. The van der Waals surface area contributed by atoms with Crippen molar-refractivity contribution in [2.45, 2.75) is 70.5 Å². The number of hydrogen-bond donors (Lipinski definition) is 1. The zero-order valence-electron chi connectivity index (χ0n) is 17.5. The van der Waals surface area contributed by atoms with E-state index in [0.717, 1.165) is 30.1 Å². The van der Waals surface area contributed by atoms with Gasteiger partial charge in [0.25, 0.3) is 5.24 Å². The zero-order valence-corrected chi connectivity index (χ0v) is 18.3. The first-order valence-corrected chi connectivity index (χ1v) is 11.3. The Balaban J connectivity index is 1.59. The standard InChI is InChI=1S/C24H32N2OS/c1-17-7-5-8-19(15-17)22-21(9-6-14-25-22)26-23(27)28-16-18-10-12-20(13-11-18)24(2,3)4/h6,9-14,17,19H,5,7-8,15-16H2,1-4H3,(H,26,27). The molecule has 0 aliphatic heterocycles. The fourth-order valence-corrected chi connectivity index (χ4v) is 4.60. The quantitative estimate of drug-likeness (QED) is 0.597. The summed E-state index contributed by atoms with van der Waals surface area (Å²) in [6, 6.07) is 12.5. The topological polar surface area (TPSA) is 42.0 Å². The first-order valence-electron chi connectivity index (χ1n) is 10.3. The van der Waals surface area contributed by atoms with Gasteiger partial charge in [-0.05, 0) is 47.4 Å². The highest BCUT2D eigenvalue weighted by atomic mass is 32.2. The van der Waals surface area contributed by atoms with Gasteiger partial charge in [0.1, 0.15) is 0 Å². The monoisotopic (exact) mass is 396 g/mol. The number of aromatic nitrogens is 1. The third-order valence-corrected chi connectivity index (χ3v) is 6.43. The lowest BCUT2D eigenvalue weighted by atomic mass is 9.80. The van der Waals surface area contributed by atoms with Gasteiger partial charge in [-0.25, -0.2) is 0 Å². The van der Waals surface area contributed by atoms with Crippen LogP contribution in [-0.4, -0.2) is 10.2 Å². The molecule has 1 fully saturated rings. The van der Waals surface area contributed by atoms with Crippen molar-refractivity contribution in [2.24, 2.45) is 5.92 Å². The predicted molar refractivity (Wildman–Crippen MR) is 120 cm³/mol. The minimum absolute atomic E-state index is 0.0157. The Bertz CT molecular complexity index is 795. The molecule has 2 unspecified atom stereocenters. The fraction of sp³-hybridized carbons (Fsp3) is 0.500. The van der Waals surface area contributed by atoms with Crippen LogP contribution in [-0.2, 0) is 11.2 Å². The minimum Gasteiger partial charge on any atom is -0.315 e. The summed E-state index contributed by atoms with van der Waals surface area (Å²) in [6.45, 7) is 8.95. The molecule has 1 aromatic heterocycles. The number of anilines is 1. The molecule has 1 aliphatic carbocycles. The first kappa shape index (κ1) is 20.9. The van der Waals surface area contributed by atoms with Crippen LogP contribution in [0.15, 0.2) is 42.6 Å². The number of amides is 1. The number of nitrogens with one attached hydrogen (secondary N) is 1. The number of thioether (sulfide) groups is 1. The SMILES string of the molecule is CC1CCCC(c2ncccc2NC(=O)SCc2ccc(C(C)(C)C)cc2)C1. The smallest absolute Gasteiger partial charge is 0.283 e. The molecule has 1 saturated carbocycles. The van der Waals surface area contributed by atoms with Crippen LogP contribution in [0.2, 0.25) is 0 Å². The summed E-state index contributed by atoms with van der Waals surface area (Å²) in [5.74, 6) is 1.86. The fourth-order valence-electron chi connectivity index (χ4n) is 3.93. The van der Waals surface area contributed by atoms with Gasteiger partial charge in [0, 0.05) is 17.9 Å². The largest absolute Gasteiger partial charge is 0.315 e. The number of rotatable bonds is 4. The second kappa shape index (κ2) is 9.13. The van der Waals surface area contributed by atoms with Crippen LogP contribution < -0.4 is 5.32 Å². The maximum atomic E-state index is 12.5. The summed E-state index contributed by atoms with van der Waals surface area (Å²) in [4.78, 5) is 17.2. The van der Waals surface area contributed by atoms with Gasteiger partial charge in [-0.1, -0.05) is 76.6 Å². The Morgan fingerprint density at radius 3 is 2.61 bits per heavy atom. The van der Waals surface area contributed by atoms with Gasteiger partial charge in [-0.2, -0.15) is 0 Å². The molecule has 0 spiro atoms. The highest BCUT2D eigenvalue weighted by Gasteiger charge is 2.24. The molecule has 1 N–H and O–H groups in total. The van der Waals surface area contributed by atoms with Gasteiger partial charge < -0.3 is 5.32 Å². The summed E-state index contributed by atoms with van der Waals surface area (Å²) in [7, 11) is 0. The van der Waals surface area contributed by atoms with E-state index in [1.54, 1.807) is 0 Å². The van der Waals surface area contributed by atoms with E-state index in [4.69, 9.17) is 0 Å². The van der Waals surface area contributed by atoms with E-state index in [-0.39, 0.29) is 10.7 Å². The van der Waals surface area contributed by atoms with Crippen LogP contribution in [0.3, 0.4) is 0 Å². The number of benzene rings is 1. The van der Waals surface area contributed by atoms with E-state index in [1.165, 1.54) is 35.7 Å². The summed E-state index contributed by atoms with van der Waals surface area (Å²) >= 11 is 1.32. The van der Waals surface area contributed by atoms with Crippen molar-refractivity contribution in [3.05, 3.63) is 59.4 Å². The molecule has 1 aromatic carbocycles. The van der Waals surface area contributed by atoms with Crippen LogP contribution >= 0.6 is 11.8 Å². The van der Waals surface area contributed by atoms with Gasteiger partial charge in [0.05, 0.1) is 11.4 Å². The van der Waals surface area contributed by atoms with Crippen molar-refractivity contribution in [2.75, 3.05) is 5.32 Å². The molecule has 0 radical (unpaired) electrons. The lowest BCUT2D eigenvalue weighted by molar-refractivity contribution is 0.269. The molecular formula is C24H32N2OS. The number of carbonyl (C=O) groups is 1. The van der Waals surface area contributed by atoms with Gasteiger partial charge >= 0.3 is 0 Å². The molecule has 2 atom stereocenters. The molecular weight excluding hydrogens is 364 g/mol. The third kappa shape index (κ3) is 5.60. The lowest BCUT2D eigenvalue weighted by Crippen LogP contribution is -2.16. The Morgan fingerprint density at radius 1 is 1.18 bits per heavy atom. The van der Waals surface area contributed by atoms with Crippen molar-refractivity contribution in [3.63, 3.8) is 0 Å². The van der Waals surface area contributed by atoms with Gasteiger partial charge in [0.15, 0.2) is 0 Å². The molecule has 1 amide bonds. The third-order valence-electron chi connectivity index (χ3n) is 5.59. The predicted octanol–water partition coefficient (Wildman–Crippen LogP) is 7.14. The highest BCUT2D eigenvalue weighted by Crippen LogP contribution is 2.38. The Hall–Kier alpha value is -1.81. The van der Waals surface area contributed by atoms with E-state index < -0.39 is 0 Å². The number of nitrogens with zero attached hydrogens (tertiary/aromatic N) is 1. The van der Waals surface area contributed by atoms with Crippen LogP contribution in [0.4, 0.5) is 10.5 Å². The summed E-state index contributed by atoms with van der Waals surface area (Å²) < 4.78 is 0. The Kier molecular flexibility index (Phi) is 6.82. The van der Waals surface area contributed by atoms with E-state index in [9.17, 15) is 4.79 Å². The van der Waals surface area contributed by atoms with Crippen molar-refractivity contribution in [3.8, 4) is 0 Å². The molecule has 28 heavy (non-hydrogen) atoms. The molecule has 0 saturated heterocycles. The van der Waals surface area contributed by atoms with E-state index in [2.05, 4.69) is 62.3 Å². The summed E-state index contributed by atoms with van der Waals surface area (Å²) in [5.41, 5.74) is 4.56. The van der Waals surface area contributed by atoms with E-state index in [1.807, 2.05) is 18.3 Å². The van der Waals surface area contributed by atoms with Crippen LogP contribution in [0.1, 0.15) is 76.1 Å². The molecule has 3 nitrogen and oxygen atoms in total. The van der Waals surface area contributed by atoms with Crippen LogP contribution in [0, 0.1) is 5.92 Å². The normalized spacial score (nSPS) is 20.0. The number of pyridine rings is 1. The Morgan fingerprint density at radius 2 is 1.93 bits per heavy atom. The van der Waals surface area contributed by atoms with Crippen molar-refractivity contribution in [1.82, 2.24) is 4.98 Å². The summed E-state index contributed by atoms with van der Waals surface area (Å²) in [5, 5.41) is 3.07. The van der Waals surface area contributed by atoms with Crippen LogP contribution in [0.25, 0.3) is 0 Å². The van der Waals surface area contributed by atoms with Crippen molar-refractivity contribution in [1.29, 1.82) is 0 Å². The zero-order chi connectivity index (χ0) is 20.1. The van der Waals surface area contributed by atoms with E-state index in [0.29, 0.717) is 11.7 Å².